The summed E-state index contributed by atoms with van der Waals surface area (Å²) in [4.78, 5) is 25.8. The van der Waals surface area contributed by atoms with Gasteiger partial charge in [-0.2, -0.15) is 0 Å². The number of nitrogens with one attached hydrogen (secondary N) is 3. The van der Waals surface area contributed by atoms with Crippen LogP contribution in [0.25, 0.3) is 0 Å². The number of aryl methyl sites for hydroxylation is 2. The Morgan fingerprint density at radius 3 is 2.36 bits per heavy atom. The van der Waals surface area contributed by atoms with Crippen LogP contribution >= 0.6 is 23.2 Å². The van der Waals surface area contributed by atoms with E-state index in [1.54, 1.807) is 18.2 Å². The van der Waals surface area contributed by atoms with Crippen molar-refractivity contribution in [3.63, 3.8) is 0 Å². The number of anilines is 2. The first-order valence-corrected chi connectivity index (χ1v) is 9.85. The number of carbonyl (C=O) groups is 1. The number of nitrogens with zero attached hydrogens (tertiary/aromatic N) is 3. The number of urea groups is 1. The zero-order chi connectivity index (χ0) is 20.1. The lowest BCUT2D eigenvalue weighted by atomic mass is 10.3. The number of aliphatic imine (C=N–C) groups is 1. The van der Waals surface area contributed by atoms with Crippen LogP contribution in [-0.4, -0.2) is 28.0 Å². The van der Waals surface area contributed by atoms with Crippen LogP contribution in [0.15, 0.2) is 29.3 Å². The minimum absolute atomic E-state index is 0.165. The van der Waals surface area contributed by atoms with E-state index >= 15 is 0 Å². The maximum atomic E-state index is 12.5. The molecule has 2 amide bonds. The molecule has 1 aliphatic rings. The molecule has 0 spiro atoms. The zero-order valence-corrected chi connectivity index (χ0v) is 17.2. The molecule has 0 unspecified atom stereocenters. The van der Waals surface area contributed by atoms with Crippen LogP contribution in [0.5, 0.6) is 0 Å². The molecule has 0 radical (unpaired) electrons. The molecule has 1 aromatic heterocycles. The third kappa shape index (κ3) is 5.81. The fourth-order valence-corrected chi connectivity index (χ4v) is 3.34. The number of hydrogen-bond acceptors (Lipinski definition) is 4. The SMILES string of the molecule is Cc1cc(C)nc(NC(=NC2CCCC2)NC(=O)Nc2ccc(Cl)c(Cl)c2)n1. The predicted molar refractivity (Wildman–Crippen MR) is 113 cm³/mol. The number of guanidine groups is 1. The molecule has 1 fully saturated rings. The smallest absolute Gasteiger partial charge is 0.308 e. The summed E-state index contributed by atoms with van der Waals surface area (Å²) < 4.78 is 0. The molecule has 9 heteroatoms. The van der Waals surface area contributed by atoms with Gasteiger partial charge in [-0.15, -0.1) is 0 Å². The molecule has 148 valence electrons. The minimum Gasteiger partial charge on any atom is -0.308 e. The average Bonchev–Trinajstić information content (AvgIpc) is 3.10. The molecule has 3 rings (SSSR count). The van der Waals surface area contributed by atoms with Crippen molar-refractivity contribution in [2.24, 2.45) is 4.99 Å². The number of carbonyl (C=O) groups excluding carboxylic acids is 1. The number of halogens is 2. The molecule has 28 heavy (non-hydrogen) atoms. The highest BCUT2D eigenvalue weighted by atomic mass is 35.5. The van der Waals surface area contributed by atoms with Gasteiger partial charge >= 0.3 is 6.03 Å². The Morgan fingerprint density at radius 2 is 1.71 bits per heavy atom. The summed E-state index contributed by atoms with van der Waals surface area (Å²) >= 11 is 11.9. The molecule has 3 N–H and O–H groups in total. The van der Waals surface area contributed by atoms with E-state index in [4.69, 9.17) is 23.2 Å². The van der Waals surface area contributed by atoms with Gasteiger partial charge in [0.05, 0.1) is 16.1 Å². The molecule has 7 nitrogen and oxygen atoms in total. The molecule has 1 heterocycles. The lowest BCUT2D eigenvalue weighted by Gasteiger charge is -2.14. The fraction of sp³-hybridized carbons (Fsp3) is 0.368. The second-order valence-electron chi connectivity index (χ2n) is 6.72. The van der Waals surface area contributed by atoms with Crippen LogP contribution in [0, 0.1) is 13.8 Å². The molecule has 0 atom stereocenters. The largest absolute Gasteiger partial charge is 0.326 e. The van der Waals surface area contributed by atoms with E-state index in [1.807, 2.05) is 19.9 Å². The molecule has 0 saturated heterocycles. The maximum absolute atomic E-state index is 12.5. The van der Waals surface area contributed by atoms with Gasteiger partial charge in [0.25, 0.3) is 0 Å². The summed E-state index contributed by atoms with van der Waals surface area (Å²) in [6.45, 7) is 3.77. The number of benzene rings is 1. The highest BCUT2D eigenvalue weighted by molar-refractivity contribution is 6.42. The van der Waals surface area contributed by atoms with Crippen molar-refractivity contribution in [1.29, 1.82) is 0 Å². The van der Waals surface area contributed by atoms with Crippen molar-refractivity contribution in [3.8, 4) is 0 Å². The number of rotatable bonds is 3. The molecule has 2 aromatic rings. The zero-order valence-electron chi connectivity index (χ0n) is 15.7. The van der Waals surface area contributed by atoms with Gasteiger partial charge in [0.15, 0.2) is 0 Å². The van der Waals surface area contributed by atoms with Gasteiger partial charge in [0.2, 0.25) is 11.9 Å². The van der Waals surface area contributed by atoms with E-state index in [-0.39, 0.29) is 6.04 Å². The maximum Gasteiger partial charge on any atom is 0.326 e. The molecular formula is C19H22Cl2N6O. The fourth-order valence-electron chi connectivity index (χ4n) is 3.04. The van der Waals surface area contributed by atoms with E-state index in [0.717, 1.165) is 37.1 Å². The Hall–Kier alpha value is -2.38. The van der Waals surface area contributed by atoms with E-state index in [2.05, 4.69) is 30.9 Å². The topological polar surface area (TPSA) is 91.3 Å². The standard InChI is InChI=1S/C19H22Cl2N6O/c1-11-9-12(2)23-17(22-11)26-18(24-13-5-3-4-6-13)27-19(28)25-14-7-8-15(20)16(21)10-14/h7-10,13H,3-6H2,1-2H3,(H3,22,23,24,25,26,27,28). The van der Waals surface area contributed by atoms with E-state index in [9.17, 15) is 4.79 Å². The summed E-state index contributed by atoms with van der Waals surface area (Å²) in [7, 11) is 0. The molecule has 1 aliphatic carbocycles. The Kier molecular flexibility index (Phi) is 6.70. The first kappa shape index (κ1) is 20.4. The van der Waals surface area contributed by atoms with E-state index in [1.165, 1.54) is 0 Å². The van der Waals surface area contributed by atoms with Crippen LogP contribution in [0.2, 0.25) is 10.0 Å². The van der Waals surface area contributed by atoms with Gasteiger partial charge in [-0.25, -0.2) is 19.8 Å². The van der Waals surface area contributed by atoms with Gasteiger partial charge in [-0.05, 0) is 51.0 Å². The number of aromatic nitrogens is 2. The van der Waals surface area contributed by atoms with Crippen molar-refractivity contribution in [3.05, 3.63) is 45.7 Å². The predicted octanol–water partition coefficient (Wildman–Crippen LogP) is 4.93. The summed E-state index contributed by atoms with van der Waals surface area (Å²) in [5, 5.41) is 9.28. The van der Waals surface area contributed by atoms with Crippen molar-refractivity contribution in [2.45, 2.75) is 45.6 Å². The molecule has 0 aliphatic heterocycles. The first-order chi connectivity index (χ1) is 13.4. The van der Waals surface area contributed by atoms with Gasteiger partial charge < -0.3 is 5.32 Å². The quantitative estimate of drug-likeness (QED) is 0.484. The lowest BCUT2D eigenvalue weighted by Crippen LogP contribution is -2.40. The Morgan fingerprint density at radius 1 is 1.04 bits per heavy atom. The summed E-state index contributed by atoms with van der Waals surface area (Å²) in [6, 6.07) is 6.46. The van der Waals surface area contributed by atoms with Crippen LogP contribution in [-0.2, 0) is 0 Å². The van der Waals surface area contributed by atoms with E-state index < -0.39 is 6.03 Å². The number of hydrogen-bond donors (Lipinski definition) is 3. The Balaban J connectivity index is 1.74. The van der Waals surface area contributed by atoms with Gasteiger partial charge in [0, 0.05) is 17.1 Å². The molecular weight excluding hydrogens is 399 g/mol. The van der Waals surface area contributed by atoms with Crippen LogP contribution in [0.3, 0.4) is 0 Å². The summed E-state index contributed by atoms with van der Waals surface area (Å²) in [6.07, 6.45) is 4.26. The third-order valence-electron chi connectivity index (χ3n) is 4.26. The summed E-state index contributed by atoms with van der Waals surface area (Å²) in [5.74, 6) is 0.707. The van der Waals surface area contributed by atoms with Crippen molar-refractivity contribution in [2.75, 3.05) is 10.6 Å². The van der Waals surface area contributed by atoms with Gasteiger partial charge in [0.1, 0.15) is 0 Å². The van der Waals surface area contributed by atoms with Crippen LogP contribution in [0.4, 0.5) is 16.4 Å². The molecule has 1 saturated carbocycles. The Labute approximate surface area is 174 Å². The number of amides is 2. The van der Waals surface area contributed by atoms with Gasteiger partial charge in [-0.3, -0.25) is 10.6 Å². The third-order valence-corrected chi connectivity index (χ3v) is 5.00. The highest BCUT2D eigenvalue weighted by Gasteiger charge is 2.17. The monoisotopic (exact) mass is 420 g/mol. The van der Waals surface area contributed by atoms with E-state index in [0.29, 0.717) is 27.6 Å². The first-order valence-electron chi connectivity index (χ1n) is 9.09. The Bertz CT molecular complexity index is 876. The normalized spacial score (nSPS) is 14.8. The lowest BCUT2D eigenvalue weighted by molar-refractivity contribution is 0.256. The molecule has 0 bridgehead atoms. The molecule has 1 aromatic carbocycles. The van der Waals surface area contributed by atoms with Gasteiger partial charge in [-0.1, -0.05) is 36.0 Å². The second-order valence-corrected chi connectivity index (χ2v) is 7.54. The summed E-state index contributed by atoms with van der Waals surface area (Å²) in [5.41, 5.74) is 2.18. The van der Waals surface area contributed by atoms with Crippen molar-refractivity contribution < 1.29 is 4.79 Å². The van der Waals surface area contributed by atoms with Crippen molar-refractivity contribution >= 4 is 46.8 Å². The van der Waals surface area contributed by atoms with Crippen LogP contribution in [0.1, 0.15) is 37.1 Å². The van der Waals surface area contributed by atoms with Crippen LogP contribution < -0.4 is 16.0 Å². The average molecular weight is 421 g/mol. The second kappa shape index (κ2) is 9.21. The minimum atomic E-state index is -0.452. The van der Waals surface area contributed by atoms with Crippen molar-refractivity contribution in [1.82, 2.24) is 15.3 Å². The highest BCUT2D eigenvalue weighted by Crippen LogP contribution is 2.25.